The van der Waals surface area contributed by atoms with Gasteiger partial charge in [-0.3, -0.25) is 9.89 Å². The van der Waals surface area contributed by atoms with Crippen molar-refractivity contribution in [3.8, 4) is 0 Å². The van der Waals surface area contributed by atoms with Crippen molar-refractivity contribution in [1.82, 2.24) is 15.1 Å². The van der Waals surface area contributed by atoms with Crippen LogP contribution in [-0.2, 0) is 11.2 Å². The van der Waals surface area contributed by atoms with Crippen LogP contribution in [0.25, 0.3) is 0 Å². The molecule has 4 nitrogen and oxygen atoms in total. The number of benzene rings is 1. The molecule has 0 spiro atoms. The van der Waals surface area contributed by atoms with Crippen molar-refractivity contribution in [1.29, 1.82) is 0 Å². The van der Waals surface area contributed by atoms with E-state index in [4.69, 9.17) is 0 Å². The predicted octanol–water partition coefficient (Wildman–Crippen LogP) is 3.18. The molecule has 1 amide bonds. The van der Waals surface area contributed by atoms with Crippen LogP contribution in [0.5, 0.6) is 0 Å². The molecule has 1 aliphatic rings. The molecule has 116 valence electrons. The van der Waals surface area contributed by atoms with E-state index in [0.717, 1.165) is 24.4 Å². The van der Waals surface area contributed by atoms with Crippen LogP contribution in [0.1, 0.15) is 41.9 Å². The van der Waals surface area contributed by atoms with Crippen molar-refractivity contribution in [2.75, 3.05) is 6.54 Å². The van der Waals surface area contributed by atoms with Gasteiger partial charge in [-0.1, -0.05) is 37.3 Å². The molecule has 1 N–H and O–H groups in total. The van der Waals surface area contributed by atoms with E-state index in [9.17, 15) is 4.79 Å². The Morgan fingerprint density at radius 2 is 2.05 bits per heavy atom. The molecule has 2 unspecified atom stereocenters. The van der Waals surface area contributed by atoms with Crippen molar-refractivity contribution < 1.29 is 4.79 Å². The van der Waals surface area contributed by atoms with Gasteiger partial charge in [-0.2, -0.15) is 5.10 Å². The first-order chi connectivity index (χ1) is 10.6. The van der Waals surface area contributed by atoms with E-state index in [0.29, 0.717) is 12.3 Å². The molecule has 1 aliphatic heterocycles. The molecule has 0 bridgehead atoms. The molecule has 2 atom stereocenters. The van der Waals surface area contributed by atoms with E-state index in [1.165, 1.54) is 11.1 Å². The van der Waals surface area contributed by atoms with Gasteiger partial charge >= 0.3 is 0 Å². The van der Waals surface area contributed by atoms with Gasteiger partial charge in [0.2, 0.25) is 5.91 Å². The quantitative estimate of drug-likeness (QED) is 0.942. The molecule has 22 heavy (non-hydrogen) atoms. The smallest absolute Gasteiger partial charge is 0.223 e. The highest BCUT2D eigenvalue weighted by molar-refractivity contribution is 5.78. The summed E-state index contributed by atoms with van der Waals surface area (Å²) in [5.41, 5.74) is 4.49. The van der Waals surface area contributed by atoms with Crippen LogP contribution in [0.4, 0.5) is 0 Å². The Morgan fingerprint density at radius 1 is 1.32 bits per heavy atom. The molecule has 3 rings (SSSR count). The lowest BCUT2D eigenvalue weighted by atomic mass is 9.84. The number of carbonyl (C=O) groups excluding carboxylic acids is 1. The summed E-state index contributed by atoms with van der Waals surface area (Å²) in [7, 11) is 0. The monoisotopic (exact) mass is 297 g/mol. The number of hydrogen-bond acceptors (Lipinski definition) is 2. The lowest BCUT2D eigenvalue weighted by Crippen LogP contribution is -2.51. The first-order valence-electron chi connectivity index (χ1n) is 7.92. The Balaban J connectivity index is 1.65. The van der Waals surface area contributed by atoms with E-state index in [2.05, 4.69) is 29.3 Å². The lowest BCUT2D eigenvalue weighted by Gasteiger charge is -2.47. The van der Waals surface area contributed by atoms with Crippen molar-refractivity contribution in [3.05, 3.63) is 52.8 Å². The molecule has 2 heterocycles. The van der Waals surface area contributed by atoms with Crippen LogP contribution in [0, 0.1) is 19.8 Å². The topological polar surface area (TPSA) is 49.0 Å². The zero-order valence-corrected chi connectivity index (χ0v) is 13.5. The fraction of sp³-hybridized carbons (Fsp3) is 0.444. The van der Waals surface area contributed by atoms with Crippen molar-refractivity contribution in [2.24, 2.45) is 5.92 Å². The van der Waals surface area contributed by atoms with Crippen LogP contribution in [0.15, 0.2) is 30.3 Å². The van der Waals surface area contributed by atoms with Crippen molar-refractivity contribution >= 4 is 5.91 Å². The Hall–Kier alpha value is -2.10. The van der Waals surface area contributed by atoms with E-state index in [1.54, 1.807) is 0 Å². The number of aryl methyl sites for hydroxylation is 2. The fourth-order valence-electron chi connectivity index (χ4n) is 3.43. The van der Waals surface area contributed by atoms with Gasteiger partial charge in [0.05, 0.1) is 11.7 Å². The van der Waals surface area contributed by atoms with E-state index < -0.39 is 0 Å². The summed E-state index contributed by atoms with van der Waals surface area (Å²) in [4.78, 5) is 14.6. The number of amides is 1. The third-order valence-electron chi connectivity index (χ3n) is 4.69. The summed E-state index contributed by atoms with van der Waals surface area (Å²) in [6, 6.07) is 10.6. The number of rotatable bonds is 4. The minimum Gasteiger partial charge on any atom is -0.335 e. The molecule has 0 radical (unpaired) electrons. The highest BCUT2D eigenvalue weighted by Gasteiger charge is 2.39. The van der Waals surface area contributed by atoms with Crippen LogP contribution >= 0.6 is 0 Å². The minimum absolute atomic E-state index is 0.236. The molecule has 4 heteroatoms. The van der Waals surface area contributed by atoms with Crippen LogP contribution in [0.3, 0.4) is 0 Å². The minimum atomic E-state index is 0.236. The zero-order valence-electron chi connectivity index (χ0n) is 13.5. The lowest BCUT2D eigenvalue weighted by molar-refractivity contribution is -0.143. The van der Waals surface area contributed by atoms with Gasteiger partial charge < -0.3 is 4.90 Å². The fourth-order valence-corrected chi connectivity index (χ4v) is 3.43. The zero-order chi connectivity index (χ0) is 15.7. The third-order valence-corrected chi connectivity index (χ3v) is 4.69. The second-order valence-corrected chi connectivity index (χ2v) is 6.29. The maximum atomic E-state index is 12.6. The van der Waals surface area contributed by atoms with Gasteiger partial charge in [-0.25, -0.2) is 0 Å². The molecular weight excluding hydrogens is 274 g/mol. The maximum absolute atomic E-state index is 12.6. The molecule has 1 fully saturated rings. The summed E-state index contributed by atoms with van der Waals surface area (Å²) in [5.74, 6) is 0.774. The van der Waals surface area contributed by atoms with Gasteiger partial charge in [0, 0.05) is 18.7 Å². The second kappa shape index (κ2) is 5.95. The van der Waals surface area contributed by atoms with Gasteiger partial charge in [-0.15, -0.1) is 0 Å². The number of likely N-dealkylation sites (tertiary alicyclic amines) is 1. The Bertz CT molecular complexity index is 643. The van der Waals surface area contributed by atoms with Gasteiger partial charge in [0.25, 0.3) is 0 Å². The van der Waals surface area contributed by atoms with Crippen LogP contribution in [0.2, 0.25) is 0 Å². The third kappa shape index (κ3) is 2.65. The van der Waals surface area contributed by atoms with Crippen molar-refractivity contribution in [2.45, 2.75) is 39.7 Å². The number of nitrogens with zero attached hydrogens (tertiary/aromatic N) is 2. The van der Waals surface area contributed by atoms with Gasteiger partial charge in [0.1, 0.15) is 0 Å². The first-order valence-corrected chi connectivity index (χ1v) is 7.92. The van der Waals surface area contributed by atoms with Gasteiger partial charge in [0.15, 0.2) is 0 Å². The molecule has 0 aliphatic carbocycles. The largest absolute Gasteiger partial charge is 0.335 e. The van der Waals surface area contributed by atoms with E-state index in [-0.39, 0.29) is 11.9 Å². The number of carbonyl (C=O) groups is 1. The SMILES string of the molecule is Cc1n[nH]c(C)c1CCC(=O)N1CC(C)C1c1ccccc1. The normalized spacial score (nSPS) is 20.8. The average Bonchev–Trinajstić information content (AvgIpc) is 2.82. The number of H-pyrrole nitrogens is 1. The highest BCUT2D eigenvalue weighted by atomic mass is 16.2. The molecule has 1 aromatic heterocycles. The van der Waals surface area contributed by atoms with Crippen molar-refractivity contribution in [3.63, 3.8) is 0 Å². The van der Waals surface area contributed by atoms with Crippen LogP contribution in [-0.4, -0.2) is 27.5 Å². The molecular formula is C18H23N3O. The summed E-state index contributed by atoms with van der Waals surface area (Å²) < 4.78 is 0. The van der Waals surface area contributed by atoms with E-state index >= 15 is 0 Å². The average molecular weight is 297 g/mol. The van der Waals surface area contributed by atoms with Gasteiger partial charge in [-0.05, 0) is 37.3 Å². The van der Waals surface area contributed by atoms with Crippen LogP contribution < -0.4 is 0 Å². The highest BCUT2D eigenvalue weighted by Crippen LogP contribution is 2.38. The molecule has 0 saturated carbocycles. The number of aromatic amines is 1. The molecule has 1 saturated heterocycles. The maximum Gasteiger partial charge on any atom is 0.223 e. The Kier molecular flexibility index (Phi) is 4.01. The number of hydrogen-bond donors (Lipinski definition) is 1. The predicted molar refractivity (Wildman–Crippen MR) is 86.4 cm³/mol. The standard InChI is InChI=1S/C18H23N3O/c1-12-11-21(18(12)15-7-5-4-6-8-15)17(22)10-9-16-13(2)19-20-14(16)3/h4-8,12,18H,9-11H2,1-3H3,(H,19,20). The second-order valence-electron chi connectivity index (χ2n) is 6.29. The van der Waals surface area contributed by atoms with E-state index in [1.807, 2.05) is 36.9 Å². The number of nitrogens with one attached hydrogen (secondary N) is 1. The first kappa shape index (κ1) is 14.8. The number of aromatic nitrogens is 2. The summed E-state index contributed by atoms with van der Waals surface area (Å²) in [5, 5.41) is 7.18. The summed E-state index contributed by atoms with van der Waals surface area (Å²) in [6.45, 7) is 7.08. The molecule has 2 aromatic rings. The summed E-state index contributed by atoms with van der Waals surface area (Å²) in [6.07, 6.45) is 1.32. The molecule has 1 aromatic carbocycles. The summed E-state index contributed by atoms with van der Waals surface area (Å²) >= 11 is 0. The Labute approximate surface area is 131 Å². The Morgan fingerprint density at radius 3 is 2.64 bits per heavy atom.